The van der Waals surface area contributed by atoms with Gasteiger partial charge in [0.2, 0.25) is 0 Å². The predicted molar refractivity (Wildman–Crippen MR) is 126 cm³/mol. The van der Waals surface area contributed by atoms with E-state index in [9.17, 15) is 0 Å². The van der Waals surface area contributed by atoms with Crippen LogP contribution in [0.4, 0.5) is 5.69 Å². The fourth-order valence-corrected chi connectivity index (χ4v) is 5.32. The Labute approximate surface area is 189 Å². The summed E-state index contributed by atoms with van der Waals surface area (Å²) < 4.78 is 11.9. The zero-order valence-corrected chi connectivity index (χ0v) is 18.4. The van der Waals surface area contributed by atoms with Crippen molar-refractivity contribution in [3.05, 3.63) is 89.0 Å². The van der Waals surface area contributed by atoms with Gasteiger partial charge in [-0.3, -0.25) is 0 Å². The van der Waals surface area contributed by atoms with E-state index in [1.807, 2.05) is 0 Å². The average molecular weight is 428 g/mol. The Morgan fingerprint density at radius 2 is 1.56 bits per heavy atom. The van der Waals surface area contributed by atoms with Gasteiger partial charge in [-0.2, -0.15) is 0 Å². The first-order chi connectivity index (χ1) is 15.8. The lowest BCUT2D eigenvalue weighted by atomic mass is 9.81. The van der Waals surface area contributed by atoms with E-state index in [-0.39, 0.29) is 12.1 Å². The number of aryl methyl sites for hydroxylation is 1. The lowest BCUT2D eigenvalue weighted by Gasteiger charge is -2.40. The smallest absolute Gasteiger partial charge is 0.163 e. The van der Waals surface area contributed by atoms with E-state index in [0.29, 0.717) is 19.1 Å². The molecular formula is C27H29N3O2. The Balaban J connectivity index is 1.39. The third kappa shape index (κ3) is 3.42. The first-order valence-electron chi connectivity index (χ1n) is 11.6. The van der Waals surface area contributed by atoms with E-state index in [4.69, 9.17) is 9.47 Å². The number of rotatable bonds is 4. The van der Waals surface area contributed by atoms with Gasteiger partial charge in [-0.15, -0.1) is 0 Å². The molecule has 0 aromatic heterocycles. The fourth-order valence-electron chi connectivity index (χ4n) is 5.32. The third-order valence-corrected chi connectivity index (χ3v) is 7.01. The summed E-state index contributed by atoms with van der Waals surface area (Å²) >= 11 is 0. The molecule has 164 valence electrons. The Morgan fingerprint density at radius 1 is 0.844 bits per heavy atom. The number of benzene rings is 3. The molecule has 1 fully saturated rings. The Kier molecular flexibility index (Phi) is 5.01. The maximum atomic E-state index is 5.94. The van der Waals surface area contributed by atoms with Crippen molar-refractivity contribution in [2.75, 3.05) is 24.7 Å². The van der Waals surface area contributed by atoms with Gasteiger partial charge in [-0.1, -0.05) is 61.5 Å². The van der Waals surface area contributed by atoms with Crippen molar-refractivity contribution < 1.29 is 9.47 Å². The van der Waals surface area contributed by atoms with Crippen molar-refractivity contribution in [1.29, 1.82) is 0 Å². The van der Waals surface area contributed by atoms with E-state index in [1.54, 1.807) is 0 Å². The normalized spacial score (nSPS) is 23.5. The molecular weight excluding hydrogens is 398 g/mol. The summed E-state index contributed by atoms with van der Waals surface area (Å²) in [6.07, 6.45) is 1.06. The maximum Gasteiger partial charge on any atom is 0.163 e. The number of anilines is 1. The van der Waals surface area contributed by atoms with Crippen LogP contribution >= 0.6 is 0 Å². The molecule has 3 aliphatic rings. The van der Waals surface area contributed by atoms with E-state index < -0.39 is 0 Å². The molecule has 0 saturated carbocycles. The van der Waals surface area contributed by atoms with E-state index in [1.165, 1.54) is 27.9 Å². The van der Waals surface area contributed by atoms with Gasteiger partial charge in [-0.25, -0.2) is 10.9 Å². The van der Waals surface area contributed by atoms with Crippen LogP contribution in [0.3, 0.4) is 0 Å². The number of nitrogens with one attached hydrogen (secondary N) is 2. The highest BCUT2D eigenvalue weighted by Gasteiger charge is 2.44. The summed E-state index contributed by atoms with van der Waals surface area (Å²) in [5.74, 6) is 2.11. The van der Waals surface area contributed by atoms with Crippen LogP contribution in [0.2, 0.25) is 0 Å². The van der Waals surface area contributed by atoms with Crippen LogP contribution in [-0.4, -0.2) is 19.8 Å². The molecule has 2 N–H and O–H groups in total. The highest BCUT2D eigenvalue weighted by atomic mass is 16.6. The first-order valence-corrected chi connectivity index (χ1v) is 11.6. The van der Waals surface area contributed by atoms with E-state index in [2.05, 4.69) is 89.4 Å². The maximum absolute atomic E-state index is 5.94. The Hall–Kier alpha value is -3.02. The van der Waals surface area contributed by atoms with E-state index in [0.717, 1.165) is 31.0 Å². The quantitative estimate of drug-likeness (QED) is 0.640. The summed E-state index contributed by atoms with van der Waals surface area (Å²) in [5.41, 5.74) is 13.8. The molecule has 0 aliphatic carbocycles. The second kappa shape index (κ2) is 8.15. The number of nitrogens with zero attached hydrogens (tertiary/aromatic N) is 1. The number of hydrogen-bond donors (Lipinski definition) is 2. The van der Waals surface area contributed by atoms with Crippen LogP contribution in [0.5, 0.6) is 11.5 Å². The molecule has 1 saturated heterocycles. The summed E-state index contributed by atoms with van der Waals surface area (Å²) in [5, 5.41) is 0. The highest BCUT2D eigenvalue weighted by Crippen LogP contribution is 2.49. The van der Waals surface area contributed by atoms with Gasteiger partial charge in [0, 0.05) is 30.8 Å². The Bertz CT molecular complexity index is 1100. The highest BCUT2D eigenvalue weighted by molar-refractivity contribution is 5.65. The number of fused-ring (bicyclic) bond motifs is 4. The molecule has 0 amide bonds. The van der Waals surface area contributed by atoms with Gasteiger partial charge in [0.1, 0.15) is 13.2 Å². The second-order valence-electron chi connectivity index (χ2n) is 8.92. The molecule has 3 aromatic carbocycles. The van der Waals surface area contributed by atoms with Crippen molar-refractivity contribution in [2.24, 2.45) is 5.92 Å². The number of hydrogen-bond acceptors (Lipinski definition) is 5. The SMILES string of the molecule is CCc1ccc(C2NNC3c4cc5c(cc4N(Cc4ccccc4)CC23)OCCO5)cc1. The van der Waals surface area contributed by atoms with Crippen molar-refractivity contribution in [3.8, 4) is 11.5 Å². The zero-order valence-electron chi connectivity index (χ0n) is 18.4. The van der Waals surface area contributed by atoms with Crippen LogP contribution in [0.1, 0.15) is 41.3 Å². The molecule has 3 heterocycles. The van der Waals surface area contributed by atoms with Crippen molar-refractivity contribution in [3.63, 3.8) is 0 Å². The largest absolute Gasteiger partial charge is 0.486 e. The molecule has 3 aliphatic heterocycles. The van der Waals surface area contributed by atoms with Crippen LogP contribution in [0, 0.1) is 5.92 Å². The van der Waals surface area contributed by atoms with Gasteiger partial charge in [0.25, 0.3) is 0 Å². The van der Waals surface area contributed by atoms with E-state index >= 15 is 0 Å². The monoisotopic (exact) mass is 427 g/mol. The average Bonchev–Trinajstić information content (AvgIpc) is 3.28. The van der Waals surface area contributed by atoms with Crippen LogP contribution < -0.4 is 25.2 Å². The molecule has 3 unspecified atom stereocenters. The van der Waals surface area contributed by atoms with Crippen molar-refractivity contribution in [1.82, 2.24) is 10.9 Å². The zero-order chi connectivity index (χ0) is 21.5. The lowest BCUT2D eigenvalue weighted by Crippen LogP contribution is -2.39. The third-order valence-electron chi connectivity index (χ3n) is 7.01. The minimum absolute atomic E-state index is 0.226. The van der Waals surface area contributed by atoms with Gasteiger partial charge in [0.05, 0.1) is 12.1 Å². The summed E-state index contributed by atoms with van der Waals surface area (Å²) in [6, 6.07) is 24.6. The molecule has 0 radical (unpaired) electrons. The summed E-state index contributed by atoms with van der Waals surface area (Å²) in [6.45, 7) is 5.24. The predicted octanol–water partition coefficient (Wildman–Crippen LogP) is 4.55. The molecule has 32 heavy (non-hydrogen) atoms. The second-order valence-corrected chi connectivity index (χ2v) is 8.92. The van der Waals surface area contributed by atoms with Crippen molar-refractivity contribution >= 4 is 5.69 Å². The summed E-state index contributed by atoms with van der Waals surface area (Å²) in [7, 11) is 0. The molecule has 5 nitrogen and oxygen atoms in total. The van der Waals surface area contributed by atoms with Crippen LogP contribution in [-0.2, 0) is 13.0 Å². The van der Waals surface area contributed by atoms with Gasteiger partial charge < -0.3 is 14.4 Å². The molecule has 0 bridgehead atoms. The van der Waals surface area contributed by atoms with Crippen LogP contribution in [0.25, 0.3) is 0 Å². The molecule has 5 heteroatoms. The standard InChI is InChI=1S/C27H29N3O2/c1-2-18-8-10-20(11-9-18)26-22-17-30(16-19-6-4-3-5-7-19)23-15-25-24(31-12-13-32-25)14-21(23)27(22)29-28-26/h3-11,14-15,22,26-29H,2,12-13,16-17H2,1H3. The molecule has 6 rings (SSSR count). The minimum atomic E-state index is 0.226. The van der Waals surface area contributed by atoms with Crippen molar-refractivity contribution in [2.45, 2.75) is 32.0 Å². The number of hydrazine groups is 1. The van der Waals surface area contributed by atoms with Crippen LogP contribution in [0.15, 0.2) is 66.7 Å². The first kappa shape index (κ1) is 19.6. The molecule has 3 aromatic rings. The van der Waals surface area contributed by atoms with Gasteiger partial charge in [0.15, 0.2) is 11.5 Å². The Morgan fingerprint density at radius 3 is 2.31 bits per heavy atom. The molecule has 3 atom stereocenters. The lowest BCUT2D eigenvalue weighted by molar-refractivity contribution is 0.171. The summed E-state index contributed by atoms with van der Waals surface area (Å²) in [4.78, 5) is 2.51. The molecule has 0 spiro atoms. The minimum Gasteiger partial charge on any atom is -0.486 e. The van der Waals surface area contributed by atoms with Gasteiger partial charge in [-0.05, 0) is 34.7 Å². The topological polar surface area (TPSA) is 45.8 Å². The van der Waals surface area contributed by atoms with Gasteiger partial charge >= 0.3 is 0 Å². The number of ether oxygens (including phenoxy) is 2. The fraction of sp³-hybridized carbons (Fsp3) is 0.333.